The summed E-state index contributed by atoms with van der Waals surface area (Å²) in [5, 5.41) is 0. The molecular formula is C21H46Si. The first-order valence-electron chi connectivity index (χ1n) is 10.7. The fourth-order valence-electron chi connectivity index (χ4n) is 4.06. The number of hydrogen-bond donors (Lipinski definition) is 0. The first-order valence-corrected chi connectivity index (χ1v) is 13.6. The van der Waals surface area contributed by atoms with E-state index < -0.39 is 8.07 Å². The van der Waals surface area contributed by atoms with Crippen molar-refractivity contribution < 1.29 is 0 Å². The van der Waals surface area contributed by atoms with Gasteiger partial charge in [-0.25, -0.2) is 0 Å². The van der Waals surface area contributed by atoms with Crippen LogP contribution >= 0.6 is 0 Å². The number of unbranched alkanes of at least 4 members (excludes halogenated alkanes) is 9. The molecule has 22 heavy (non-hydrogen) atoms. The third-order valence-electron chi connectivity index (χ3n) is 5.46. The van der Waals surface area contributed by atoms with Gasteiger partial charge >= 0.3 is 0 Å². The van der Waals surface area contributed by atoms with E-state index in [2.05, 4.69) is 27.7 Å². The Kier molecular flexibility index (Phi) is 16.2. The van der Waals surface area contributed by atoms with Crippen LogP contribution in [0.2, 0.25) is 24.2 Å². The van der Waals surface area contributed by atoms with Crippen molar-refractivity contribution in [3.8, 4) is 0 Å². The van der Waals surface area contributed by atoms with Crippen molar-refractivity contribution in [3.63, 3.8) is 0 Å². The summed E-state index contributed by atoms with van der Waals surface area (Å²) in [5.74, 6) is 0. The first kappa shape index (κ1) is 22.2. The fourth-order valence-corrected chi connectivity index (χ4v) is 9.62. The Labute approximate surface area is 143 Å². The Bertz CT molecular complexity index is 181. The molecule has 0 radical (unpaired) electrons. The number of rotatable bonds is 17. The van der Waals surface area contributed by atoms with Gasteiger partial charge < -0.3 is 0 Å². The fraction of sp³-hybridized carbons (Fsp3) is 1.00. The molecule has 0 amide bonds. The molecule has 0 aliphatic carbocycles. The third kappa shape index (κ3) is 11.7. The molecule has 0 aromatic rings. The molecule has 0 atom stereocenters. The van der Waals surface area contributed by atoms with Gasteiger partial charge in [0.25, 0.3) is 0 Å². The molecule has 134 valence electrons. The maximum Gasteiger partial charge on any atom is 0.0535 e. The molecule has 0 aromatic carbocycles. The lowest BCUT2D eigenvalue weighted by molar-refractivity contribution is 0.660. The molecule has 0 spiro atoms. The Balaban J connectivity index is 4.39. The van der Waals surface area contributed by atoms with Crippen LogP contribution in [0.5, 0.6) is 0 Å². The van der Waals surface area contributed by atoms with Crippen LogP contribution in [0.3, 0.4) is 0 Å². The van der Waals surface area contributed by atoms with E-state index in [1.807, 2.05) is 0 Å². The molecule has 0 N–H and O–H groups in total. The molecule has 0 unspecified atom stereocenters. The standard InChI is InChI=1S/C21H46Si/c1-5-9-12-15-19-22(18-8-4,20-16-13-10-6-2)21-17-14-11-7-3/h5-21H2,1-4H3. The molecule has 1 heteroatoms. The lowest BCUT2D eigenvalue weighted by Gasteiger charge is -2.32. The molecule has 0 aliphatic rings. The van der Waals surface area contributed by atoms with Crippen molar-refractivity contribution in [2.24, 2.45) is 0 Å². The van der Waals surface area contributed by atoms with Gasteiger partial charge in [0.15, 0.2) is 0 Å². The highest BCUT2D eigenvalue weighted by atomic mass is 28.3. The van der Waals surface area contributed by atoms with Crippen LogP contribution in [0.1, 0.15) is 111 Å². The van der Waals surface area contributed by atoms with Gasteiger partial charge in [0.05, 0.1) is 8.07 Å². The quantitative estimate of drug-likeness (QED) is 0.185. The minimum atomic E-state index is -0.946. The zero-order valence-electron chi connectivity index (χ0n) is 16.5. The Morgan fingerprint density at radius 3 is 1.00 bits per heavy atom. The van der Waals surface area contributed by atoms with Gasteiger partial charge in [0.1, 0.15) is 0 Å². The summed E-state index contributed by atoms with van der Waals surface area (Å²) in [6.07, 6.45) is 19.1. The summed E-state index contributed by atoms with van der Waals surface area (Å²) in [5.41, 5.74) is 0. The minimum Gasteiger partial charge on any atom is -0.0657 e. The molecular weight excluding hydrogens is 280 g/mol. The summed E-state index contributed by atoms with van der Waals surface area (Å²) in [6.45, 7) is 9.45. The maximum atomic E-state index is 2.44. The van der Waals surface area contributed by atoms with Gasteiger partial charge in [0, 0.05) is 0 Å². The highest BCUT2D eigenvalue weighted by Crippen LogP contribution is 2.34. The van der Waals surface area contributed by atoms with E-state index in [9.17, 15) is 0 Å². The molecule has 0 nitrogen and oxygen atoms in total. The van der Waals surface area contributed by atoms with Crippen LogP contribution in [0.25, 0.3) is 0 Å². The summed E-state index contributed by atoms with van der Waals surface area (Å²) < 4.78 is 0. The Morgan fingerprint density at radius 1 is 0.364 bits per heavy atom. The molecule has 0 bridgehead atoms. The second kappa shape index (κ2) is 16.1. The molecule has 0 fully saturated rings. The highest BCUT2D eigenvalue weighted by Gasteiger charge is 2.29. The second-order valence-corrected chi connectivity index (χ2v) is 12.7. The molecule has 0 saturated carbocycles. The zero-order valence-corrected chi connectivity index (χ0v) is 17.5. The van der Waals surface area contributed by atoms with Gasteiger partial charge in [0.2, 0.25) is 0 Å². The topological polar surface area (TPSA) is 0 Å². The normalized spacial score (nSPS) is 12.0. The van der Waals surface area contributed by atoms with Crippen molar-refractivity contribution in [1.82, 2.24) is 0 Å². The van der Waals surface area contributed by atoms with Gasteiger partial charge in [-0.05, 0) is 0 Å². The van der Waals surface area contributed by atoms with Crippen molar-refractivity contribution in [3.05, 3.63) is 0 Å². The minimum absolute atomic E-state index is 0.946. The Morgan fingerprint density at radius 2 is 0.727 bits per heavy atom. The molecule has 0 saturated heterocycles. The first-order chi connectivity index (χ1) is 10.7. The van der Waals surface area contributed by atoms with E-state index in [1.165, 1.54) is 64.2 Å². The second-order valence-electron chi connectivity index (χ2n) is 7.68. The molecule has 0 aliphatic heterocycles. The van der Waals surface area contributed by atoms with E-state index in [1.54, 1.807) is 43.4 Å². The van der Waals surface area contributed by atoms with Gasteiger partial charge in [-0.1, -0.05) is 135 Å². The predicted molar refractivity (Wildman–Crippen MR) is 108 cm³/mol. The highest BCUT2D eigenvalue weighted by molar-refractivity contribution is 6.79. The van der Waals surface area contributed by atoms with Crippen LogP contribution < -0.4 is 0 Å². The van der Waals surface area contributed by atoms with E-state index >= 15 is 0 Å². The van der Waals surface area contributed by atoms with Crippen molar-refractivity contribution in [1.29, 1.82) is 0 Å². The van der Waals surface area contributed by atoms with Crippen LogP contribution in [0.4, 0.5) is 0 Å². The van der Waals surface area contributed by atoms with Crippen molar-refractivity contribution in [2.45, 2.75) is 135 Å². The molecule has 0 rings (SSSR count). The van der Waals surface area contributed by atoms with Gasteiger partial charge in [-0.3, -0.25) is 0 Å². The summed E-state index contributed by atoms with van der Waals surface area (Å²) in [6, 6.07) is 6.58. The molecule has 0 aromatic heterocycles. The number of hydrogen-bond acceptors (Lipinski definition) is 0. The average Bonchev–Trinajstić information content (AvgIpc) is 2.53. The van der Waals surface area contributed by atoms with E-state index in [-0.39, 0.29) is 0 Å². The lowest BCUT2D eigenvalue weighted by atomic mass is 10.2. The zero-order chi connectivity index (χ0) is 16.5. The van der Waals surface area contributed by atoms with E-state index in [0.717, 1.165) is 0 Å². The van der Waals surface area contributed by atoms with Gasteiger partial charge in [-0.15, -0.1) is 0 Å². The van der Waals surface area contributed by atoms with Crippen LogP contribution in [0, 0.1) is 0 Å². The van der Waals surface area contributed by atoms with E-state index in [4.69, 9.17) is 0 Å². The third-order valence-corrected chi connectivity index (χ3v) is 11.3. The van der Waals surface area contributed by atoms with Crippen LogP contribution in [-0.4, -0.2) is 8.07 Å². The van der Waals surface area contributed by atoms with Crippen LogP contribution in [-0.2, 0) is 0 Å². The largest absolute Gasteiger partial charge is 0.0657 e. The van der Waals surface area contributed by atoms with Crippen LogP contribution in [0.15, 0.2) is 0 Å². The smallest absolute Gasteiger partial charge is 0.0535 e. The summed E-state index contributed by atoms with van der Waals surface area (Å²) in [7, 11) is -0.946. The van der Waals surface area contributed by atoms with E-state index in [0.29, 0.717) is 0 Å². The monoisotopic (exact) mass is 326 g/mol. The van der Waals surface area contributed by atoms with Gasteiger partial charge in [-0.2, -0.15) is 0 Å². The summed E-state index contributed by atoms with van der Waals surface area (Å²) >= 11 is 0. The molecule has 0 heterocycles. The Hall–Kier alpha value is 0.217. The lowest BCUT2D eigenvalue weighted by Crippen LogP contribution is -2.33. The van der Waals surface area contributed by atoms with Crippen molar-refractivity contribution >= 4 is 8.07 Å². The summed E-state index contributed by atoms with van der Waals surface area (Å²) in [4.78, 5) is 0. The van der Waals surface area contributed by atoms with Crippen molar-refractivity contribution in [2.75, 3.05) is 0 Å². The maximum absolute atomic E-state index is 2.44. The predicted octanol–water partition coefficient (Wildman–Crippen LogP) is 8.59. The SMILES string of the molecule is CCCCCC[Si](CCC)(CCCCCC)CCCCCC. The average molecular weight is 327 g/mol.